The van der Waals surface area contributed by atoms with Crippen molar-refractivity contribution in [3.8, 4) is 0 Å². The number of ketones is 1. The molecule has 4 N–H and O–H groups in total. The Morgan fingerprint density at radius 2 is 1.44 bits per heavy atom. The number of hydrogen-bond donors (Lipinski definition) is 4. The Hall–Kier alpha value is -2.70. The fourth-order valence-electron chi connectivity index (χ4n) is 9.15. The van der Waals surface area contributed by atoms with Gasteiger partial charge in [0.05, 0.1) is 21.6 Å². The Labute approximate surface area is 298 Å². The molecule has 5 aliphatic rings. The van der Waals surface area contributed by atoms with E-state index in [0.29, 0.717) is 45.1 Å². The van der Waals surface area contributed by atoms with Gasteiger partial charge in [-0.1, -0.05) is 71.6 Å². The largest absolute Gasteiger partial charge is 0.347 e. The van der Waals surface area contributed by atoms with Crippen LogP contribution < -0.4 is 21.3 Å². The van der Waals surface area contributed by atoms with Crippen LogP contribution in [-0.4, -0.2) is 89.1 Å². The van der Waals surface area contributed by atoms with Gasteiger partial charge in [0.2, 0.25) is 17.6 Å². The van der Waals surface area contributed by atoms with Crippen LogP contribution in [0, 0.1) is 17.3 Å². The fraction of sp³-hybridized carbons (Fsp3) is 0.865. The van der Waals surface area contributed by atoms with Crippen LogP contribution in [-0.2, 0) is 29.0 Å². The van der Waals surface area contributed by atoms with Crippen molar-refractivity contribution in [1.29, 1.82) is 0 Å². The summed E-state index contributed by atoms with van der Waals surface area (Å²) in [6, 6.07) is -3.28. The van der Waals surface area contributed by atoms with Gasteiger partial charge >= 0.3 is 6.03 Å². The van der Waals surface area contributed by atoms with Crippen LogP contribution in [0.3, 0.4) is 0 Å². The van der Waals surface area contributed by atoms with E-state index in [-0.39, 0.29) is 29.2 Å². The maximum Gasteiger partial charge on any atom is 0.315 e. The molecule has 5 fully saturated rings. The van der Waals surface area contributed by atoms with Gasteiger partial charge in [0.25, 0.3) is 5.91 Å². The van der Waals surface area contributed by atoms with E-state index < -0.39 is 67.1 Å². The Kier molecular flexibility index (Phi) is 11.4. The van der Waals surface area contributed by atoms with Gasteiger partial charge in [-0.3, -0.25) is 19.2 Å². The lowest BCUT2D eigenvalue weighted by Gasteiger charge is -2.49. The van der Waals surface area contributed by atoms with Gasteiger partial charge in [-0.25, -0.2) is 13.2 Å². The first-order chi connectivity index (χ1) is 23.4. The molecule has 0 radical (unpaired) electrons. The molecule has 5 atom stereocenters. The van der Waals surface area contributed by atoms with Crippen molar-refractivity contribution >= 4 is 39.4 Å². The highest BCUT2D eigenvalue weighted by Crippen LogP contribution is 2.65. The average molecular weight is 720 g/mol. The molecule has 3 saturated carbocycles. The van der Waals surface area contributed by atoms with Crippen LogP contribution in [0.15, 0.2) is 0 Å². The molecular formula is C37H61N5O7S. The second-order valence-electron chi connectivity index (χ2n) is 17.2. The van der Waals surface area contributed by atoms with Crippen molar-refractivity contribution in [3.05, 3.63) is 0 Å². The number of fused-ring (bicyclic) bond motifs is 3. The number of nitrogens with one attached hydrogen (secondary N) is 4. The maximum atomic E-state index is 14.5. The summed E-state index contributed by atoms with van der Waals surface area (Å²) < 4.78 is 26.1. The third kappa shape index (κ3) is 7.58. The van der Waals surface area contributed by atoms with Crippen molar-refractivity contribution in [2.24, 2.45) is 17.3 Å². The van der Waals surface area contributed by atoms with Gasteiger partial charge in [0, 0.05) is 12.6 Å². The van der Waals surface area contributed by atoms with E-state index in [9.17, 15) is 32.4 Å². The van der Waals surface area contributed by atoms with Crippen LogP contribution in [0.25, 0.3) is 0 Å². The molecular weight excluding hydrogens is 659 g/mol. The summed E-state index contributed by atoms with van der Waals surface area (Å²) >= 11 is 0. The number of hydrogen-bond acceptors (Lipinski definition) is 7. The minimum atomic E-state index is -3.62. The molecule has 5 amide bonds. The Balaban J connectivity index is 1.38. The van der Waals surface area contributed by atoms with Crippen LogP contribution >= 0.6 is 0 Å². The highest BCUT2D eigenvalue weighted by atomic mass is 32.2. The summed E-state index contributed by atoms with van der Waals surface area (Å²) in [7, 11) is -3.62. The smallest absolute Gasteiger partial charge is 0.315 e. The number of amides is 5. The van der Waals surface area contributed by atoms with E-state index in [0.717, 1.165) is 57.8 Å². The van der Waals surface area contributed by atoms with E-state index >= 15 is 0 Å². The predicted molar refractivity (Wildman–Crippen MR) is 191 cm³/mol. The van der Waals surface area contributed by atoms with Crippen LogP contribution in [0.4, 0.5) is 4.79 Å². The number of Topliss-reactive ketones (excluding diaryl/α,β-unsaturated/α-hetero) is 1. The number of carbonyl (C=O) groups excluding carboxylic acids is 5. The summed E-state index contributed by atoms with van der Waals surface area (Å²) in [6.45, 7) is 11.3. The zero-order chi connectivity index (χ0) is 36.6. The lowest BCUT2D eigenvalue weighted by molar-refractivity contribution is -0.144. The standard InChI is InChI=1S/C37H61N5O7S/c1-23(2)50(48,49)36(5,6)37(20-14-11-15-21-37)41-34(47)40-27-17-13-10-8-7-9-12-16-26(30(43)32(45)38-24-18-19-24)39-31(44)29-28-25(35(28,3)4)22-42(29)33(27)46/h23-29H,7-22H2,1-6H3,(H,38,45)(H,39,44)(H2,40,41,47). The monoisotopic (exact) mass is 719 g/mol. The Morgan fingerprint density at radius 3 is 2.04 bits per heavy atom. The third-order valence-electron chi connectivity index (χ3n) is 12.9. The number of urea groups is 1. The van der Waals surface area contributed by atoms with Crippen molar-refractivity contribution in [2.45, 2.75) is 178 Å². The first kappa shape index (κ1) is 38.5. The molecule has 0 aromatic heterocycles. The summed E-state index contributed by atoms with van der Waals surface area (Å²) in [5, 5.41) is 11.1. The molecule has 0 aromatic carbocycles. The Bertz CT molecular complexity index is 1430. The van der Waals surface area contributed by atoms with Gasteiger partial charge in [-0.05, 0) is 83.5 Å². The second kappa shape index (κ2) is 14.7. The normalized spacial score (nSPS) is 30.5. The van der Waals surface area contributed by atoms with Gasteiger partial charge in [-0.15, -0.1) is 0 Å². The van der Waals surface area contributed by atoms with Crippen molar-refractivity contribution in [1.82, 2.24) is 26.2 Å². The van der Waals surface area contributed by atoms with Gasteiger partial charge in [0.1, 0.15) is 12.1 Å². The van der Waals surface area contributed by atoms with Crippen molar-refractivity contribution in [3.63, 3.8) is 0 Å². The molecule has 3 aliphatic carbocycles. The molecule has 0 spiro atoms. The molecule has 50 heavy (non-hydrogen) atoms. The molecule has 2 saturated heterocycles. The van der Waals surface area contributed by atoms with E-state index in [1.54, 1.807) is 32.6 Å². The third-order valence-corrected chi connectivity index (χ3v) is 16.0. The number of sulfone groups is 1. The summed E-state index contributed by atoms with van der Waals surface area (Å²) in [5.74, 6) is -2.12. The zero-order valence-corrected chi connectivity index (χ0v) is 31.9. The van der Waals surface area contributed by atoms with Crippen LogP contribution in [0.2, 0.25) is 0 Å². The highest BCUT2D eigenvalue weighted by molar-refractivity contribution is 7.93. The lowest BCUT2D eigenvalue weighted by Crippen LogP contribution is -2.68. The first-order valence-electron chi connectivity index (χ1n) is 19.2. The zero-order valence-electron chi connectivity index (χ0n) is 31.1. The Morgan fingerprint density at radius 1 is 0.860 bits per heavy atom. The number of piperidine rings is 1. The number of carbonyl (C=O) groups is 5. The summed E-state index contributed by atoms with van der Waals surface area (Å²) in [4.78, 5) is 70.2. The molecule has 5 rings (SSSR count). The minimum absolute atomic E-state index is 0.0145. The van der Waals surface area contributed by atoms with Crippen LogP contribution in [0.1, 0.15) is 138 Å². The average Bonchev–Trinajstić information content (AvgIpc) is 3.91. The first-order valence-corrected chi connectivity index (χ1v) is 20.8. The van der Waals surface area contributed by atoms with E-state index in [1.165, 1.54) is 0 Å². The molecule has 2 heterocycles. The number of rotatable bonds is 8. The van der Waals surface area contributed by atoms with Gasteiger partial charge in [-0.2, -0.15) is 0 Å². The molecule has 5 unspecified atom stereocenters. The van der Waals surface area contributed by atoms with E-state index in [1.807, 2.05) is 0 Å². The minimum Gasteiger partial charge on any atom is -0.347 e. The maximum absolute atomic E-state index is 14.5. The molecule has 0 aromatic rings. The van der Waals surface area contributed by atoms with Crippen LogP contribution in [0.5, 0.6) is 0 Å². The van der Waals surface area contributed by atoms with E-state index in [4.69, 9.17) is 0 Å². The van der Waals surface area contributed by atoms with Gasteiger partial charge < -0.3 is 26.2 Å². The molecule has 12 nitrogen and oxygen atoms in total. The molecule has 0 bridgehead atoms. The van der Waals surface area contributed by atoms with Gasteiger partial charge in [0.15, 0.2) is 9.84 Å². The van der Waals surface area contributed by atoms with E-state index in [2.05, 4.69) is 35.1 Å². The highest BCUT2D eigenvalue weighted by Gasteiger charge is 2.69. The molecule has 13 heteroatoms. The molecule has 282 valence electrons. The predicted octanol–water partition coefficient (Wildman–Crippen LogP) is 3.91. The lowest BCUT2D eigenvalue weighted by atomic mass is 9.73. The fourth-order valence-corrected chi connectivity index (χ4v) is 11.1. The van der Waals surface area contributed by atoms with Crippen molar-refractivity contribution < 1.29 is 32.4 Å². The summed E-state index contributed by atoms with van der Waals surface area (Å²) in [6.07, 6.45) is 10.9. The SMILES string of the molecule is CC(C)S(=O)(=O)C(C)(C)C1(NC(=O)NC2CCCCCCCCC(C(=O)C(=O)NC3CC3)NC(=O)C3C4C(CN3C2=O)C4(C)C)CCCCC1. The second-order valence-corrected chi connectivity index (χ2v) is 20.2. The topological polar surface area (TPSA) is 171 Å². The quantitative estimate of drug-likeness (QED) is 0.276. The number of nitrogens with zero attached hydrogens (tertiary/aromatic N) is 1. The molecule has 2 aliphatic heterocycles. The van der Waals surface area contributed by atoms with Crippen molar-refractivity contribution in [2.75, 3.05) is 6.54 Å². The summed E-state index contributed by atoms with van der Waals surface area (Å²) in [5.41, 5.74) is -1.18.